The molecule has 3 heteroatoms. The Labute approximate surface area is 137 Å². The molecule has 0 spiro atoms. The molecule has 1 saturated heterocycles. The van der Waals surface area contributed by atoms with Gasteiger partial charge >= 0.3 is 0 Å². The number of hydrogen-bond donors (Lipinski definition) is 1. The first kappa shape index (κ1) is 17.0. The highest BCUT2D eigenvalue weighted by molar-refractivity contribution is 9.10. The van der Waals surface area contributed by atoms with Crippen LogP contribution in [-0.4, -0.2) is 25.8 Å². The molecule has 2 rings (SSSR count). The van der Waals surface area contributed by atoms with E-state index in [9.17, 15) is 0 Å². The average molecular weight is 354 g/mol. The van der Waals surface area contributed by atoms with Gasteiger partial charge in [-0.3, -0.25) is 0 Å². The Balaban J connectivity index is 1.83. The Hall–Kier alpha value is -0.380. The molecule has 1 aliphatic rings. The van der Waals surface area contributed by atoms with Gasteiger partial charge in [0.1, 0.15) is 0 Å². The van der Waals surface area contributed by atoms with E-state index in [1.54, 1.807) is 0 Å². The molecule has 118 valence electrons. The summed E-state index contributed by atoms with van der Waals surface area (Å²) in [5.74, 6) is 0.617. The van der Waals surface area contributed by atoms with Gasteiger partial charge in [0.2, 0.25) is 0 Å². The minimum Gasteiger partial charge on any atom is -0.378 e. The van der Waals surface area contributed by atoms with Gasteiger partial charge in [-0.2, -0.15) is 0 Å². The maximum absolute atomic E-state index is 5.73. The van der Waals surface area contributed by atoms with Crippen molar-refractivity contribution in [3.8, 4) is 0 Å². The van der Waals surface area contributed by atoms with Crippen molar-refractivity contribution in [2.45, 2.75) is 57.5 Å². The second-order valence-corrected chi connectivity index (χ2v) is 6.93. The molecule has 1 aromatic rings. The second-order valence-electron chi connectivity index (χ2n) is 6.02. The van der Waals surface area contributed by atoms with Gasteiger partial charge in [-0.1, -0.05) is 41.4 Å². The molecule has 2 unspecified atom stereocenters. The van der Waals surface area contributed by atoms with Gasteiger partial charge in [0, 0.05) is 17.6 Å². The first-order valence-electron chi connectivity index (χ1n) is 8.37. The van der Waals surface area contributed by atoms with Gasteiger partial charge in [-0.05, 0) is 62.3 Å². The van der Waals surface area contributed by atoms with Gasteiger partial charge in [0.25, 0.3) is 0 Å². The van der Waals surface area contributed by atoms with Gasteiger partial charge in [-0.25, -0.2) is 0 Å². The van der Waals surface area contributed by atoms with Crippen LogP contribution in [0.3, 0.4) is 0 Å². The van der Waals surface area contributed by atoms with E-state index in [0.29, 0.717) is 12.0 Å². The minimum absolute atomic E-state index is 0.527. The summed E-state index contributed by atoms with van der Waals surface area (Å²) in [5, 5.41) is 3.58. The Kier molecular flexibility index (Phi) is 7.76. The fourth-order valence-electron chi connectivity index (χ4n) is 3.04. The zero-order chi connectivity index (χ0) is 14.9. The quantitative estimate of drug-likeness (QED) is 0.638. The van der Waals surface area contributed by atoms with Crippen LogP contribution in [0.1, 0.15) is 56.9 Å². The van der Waals surface area contributed by atoms with Crippen LogP contribution in [0.2, 0.25) is 0 Å². The van der Waals surface area contributed by atoms with E-state index in [1.165, 1.54) is 44.1 Å². The summed E-state index contributed by atoms with van der Waals surface area (Å²) < 4.78 is 6.89. The monoisotopic (exact) mass is 353 g/mol. The molecular formula is C18H28BrNO. The first-order valence-corrected chi connectivity index (χ1v) is 9.16. The van der Waals surface area contributed by atoms with Crippen molar-refractivity contribution in [3.63, 3.8) is 0 Å². The highest BCUT2D eigenvalue weighted by Gasteiger charge is 2.17. The van der Waals surface area contributed by atoms with Crippen molar-refractivity contribution >= 4 is 15.9 Å². The third-order valence-electron chi connectivity index (χ3n) is 4.26. The molecule has 1 heterocycles. The molecule has 2 nitrogen and oxygen atoms in total. The molecule has 1 aliphatic heterocycles. The summed E-state index contributed by atoms with van der Waals surface area (Å²) in [4.78, 5) is 0. The van der Waals surface area contributed by atoms with Crippen LogP contribution in [0.25, 0.3) is 0 Å². The fourth-order valence-corrected chi connectivity index (χ4v) is 3.30. The van der Waals surface area contributed by atoms with Crippen LogP contribution >= 0.6 is 15.9 Å². The van der Waals surface area contributed by atoms with Crippen LogP contribution in [0, 0.1) is 0 Å². The van der Waals surface area contributed by atoms with Gasteiger partial charge in [0.15, 0.2) is 0 Å². The maximum atomic E-state index is 5.73. The molecule has 0 amide bonds. The molecule has 0 aliphatic carbocycles. The highest BCUT2D eigenvalue weighted by atomic mass is 79.9. The summed E-state index contributed by atoms with van der Waals surface area (Å²) in [6, 6.07) is 8.83. The SMILES string of the molecule is CCCNCC(CCCC1CCCO1)c1ccc(Br)cc1. The van der Waals surface area contributed by atoms with Crippen molar-refractivity contribution in [1.29, 1.82) is 0 Å². The number of hydrogen-bond acceptors (Lipinski definition) is 2. The Morgan fingerprint density at radius 2 is 2.14 bits per heavy atom. The molecule has 1 aromatic carbocycles. The van der Waals surface area contributed by atoms with E-state index < -0.39 is 0 Å². The molecule has 0 bridgehead atoms. The molecule has 0 aromatic heterocycles. The standard InChI is InChI=1S/C18H28BrNO/c1-2-12-20-14-16(15-8-10-17(19)11-9-15)5-3-6-18-7-4-13-21-18/h8-11,16,18,20H,2-7,12-14H2,1H3. The smallest absolute Gasteiger partial charge is 0.0576 e. The Morgan fingerprint density at radius 3 is 2.81 bits per heavy atom. The number of benzene rings is 1. The predicted molar refractivity (Wildman–Crippen MR) is 92.9 cm³/mol. The summed E-state index contributed by atoms with van der Waals surface area (Å²) in [6.07, 6.45) is 7.97. The van der Waals surface area contributed by atoms with Crippen LogP contribution in [0.4, 0.5) is 0 Å². The van der Waals surface area contributed by atoms with E-state index in [1.807, 2.05) is 0 Å². The Bertz CT molecular complexity index is 387. The molecule has 0 radical (unpaired) electrons. The summed E-state index contributed by atoms with van der Waals surface area (Å²) in [5.41, 5.74) is 1.45. The van der Waals surface area contributed by atoms with E-state index in [2.05, 4.69) is 52.4 Å². The van der Waals surface area contributed by atoms with Crippen molar-refractivity contribution < 1.29 is 4.74 Å². The molecule has 1 N–H and O–H groups in total. The summed E-state index contributed by atoms with van der Waals surface area (Å²) >= 11 is 3.52. The third-order valence-corrected chi connectivity index (χ3v) is 4.79. The number of ether oxygens (including phenoxy) is 1. The van der Waals surface area contributed by atoms with Crippen LogP contribution in [0.15, 0.2) is 28.7 Å². The lowest BCUT2D eigenvalue weighted by Gasteiger charge is -2.19. The summed E-state index contributed by atoms with van der Waals surface area (Å²) in [7, 11) is 0. The maximum Gasteiger partial charge on any atom is 0.0576 e. The zero-order valence-electron chi connectivity index (χ0n) is 13.1. The van der Waals surface area contributed by atoms with Gasteiger partial charge in [0.05, 0.1) is 6.10 Å². The number of nitrogens with one attached hydrogen (secondary N) is 1. The lowest BCUT2D eigenvalue weighted by molar-refractivity contribution is 0.101. The van der Waals surface area contributed by atoms with Crippen LogP contribution < -0.4 is 5.32 Å². The van der Waals surface area contributed by atoms with Crippen molar-refractivity contribution in [1.82, 2.24) is 5.32 Å². The van der Waals surface area contributed by atoms with Crippen molar-refractivity contribution in [2.24, 2.45) is 0 Å². The van der Waals surface area contributed by atoms with E-state index in [0.717, 1.165) is 24.2 Å². The Morgan fingerprint density at radius 1 is 1.33 bits per heavy atom. The molecule has 0 saturated carbocycles. The second kappa shape index (κ2) is 9.60. The highest BCUT2D eigenvalue weighted by Crippen LogP contribution is 2.25. The number of rotatable bonds is 9. The van der Waals surface area contributed by atoms with Crippen molar-refractivity contribution in [2.75, 3.05) is 19.7 Å². The summed E-state index contributed by atoms with van der Waals surface area (Å²) in [6.45, 7) is 5.39. The molecular weight excluding hydrogens is 326 g/mol. The fraction of sp³-hybridized carbons (Fsp3) is 0.667. The predicted octanol–water partition coefficient (Wildman–Crippen LogP) is 4.88. The third kappa shape index (κ3) is 6.09. The van der Waals surface area contributed by atoms with E-state index in [-0.39, 0.29) is 0 Å². The van der Waals surface area contributed by atoms with E-state index in [4.69, 9.17) is 4.74 Å². The minimum atomic E-state index is 0.527. The first-order chi connectivity index (χ1) is 10.3. The average Bonchev–Trinajstić information content (AvgIpc) is 3.00. The lowest BCUT2D eigenvalue weighted by Crippen LogP contribution is -2.22. The van der Waals surface area contributed by atoms with Gasteiger partial charge in [-0.15, -0.1) is 0 Å². The molecule has 2 atom stereocenters. The molecule has 21 heavy (non-hydrogen) atoms. The van der Waals surface area contributed by atoms with E-state index >= 15 is 0 Å². The number of halogens is 1. The lowest BCUT2D eigenvalue weighted by atomic mass is 9.92. The molecule has 1 fully saturated rings. The normalized spacial score (nSPS) is 19.8. The van der Waals surface area contributed by atoms with Crippen molar-refractivity contribution in [3.05, 3.63) is 34.3 Å². The topological polar surface area (TPSA) is 21.3 Å². The van der Waals surface area contributed by atoms with Crippen LogP contribution in [-0.2, 0) is 4.74 Å². The van der Waals surface area contributed by atoms with Crippen LogP contribution in [0.5, 0.6) is 0 Å². The van der Waals surface area contributed by atoms with Gasteiger partial charge < -0.3 is 10.1 Å². The largest absolute Gasteiger partial charge is 0.378 e. The zero-order valence-corrected chi connectivity index (χ0v) is 14.7.